The van der Waals surface area contributed by atoms with Crippen molar-refractivity contribution in [1.82, 2.24) is 15.2 Å². The Kier molecular flexibility index (Phi) is 3.40. The molecule has 102 valence electrons. The maximum absolute atomic E-state index is 5.65. The smallest absolute Gasteiger partial charge is 0.203 e. The van der Waals surface area contributed by atoms with Crippen LogP contribution in [0.1, 0.15) is 25.5 Å². The minimum Gasteiger partial charge on any atom is -0.374 e. The van der Waals surface area contributed by atoms with Crippen molar-refractivity contribution in [2.75, 3.05) is 23.7 Å². The molecule has 3 heterocycles. The Morgan fingerprint density at radius 3 is 2.84 bits per heavy atom. The maximum Gasteiger partial charge on any atom is 0.203 e. The van der Waals surface area contributed by atoms with Gasteiger partial charge in [0, 0.05) is 13.1 Å². The first-order valence-electron chi connectivity index (χ1n) is 6.45. The summed E-state index contributed by atoms with van der Waals surface area (Å²) < 4.78 is 0. The third-order valence-corrected chi connectivity index (χ3v) is 5.47. The molecule has 1 aliphatic rings. The lowest BCUT2D eigenvalue weighted by molar-refractivity contribution is 0.446. The number of hydrogen-bond acceptors (Lipinski definition) is 7. The van der Waals surface area contributed by atoms with Crippen LogP contribution in [0.4, 0.5) is 10.3 Å². The second-order valence-electron chi connectivity index (χ2n) is 5.05. The SMILES string of the molecule is Cc1nc(N2CCCC(C)C2)sc1-c1nnc(N)s1. The Bertz CT molecular complexity index is 576. The molecule has 1 saturated heterocycles. The fourth-order valence-corrected chi connectivity index (χ4v) is 4.24. The van der Waals surface area contributed by atoms with Crippen LogP contribution in [-0.4, -0.2) is 28.3 Å². The number of anilines is 2. The number of thiazole rings is 1. The van der Waals surface area contributed by atoms with Gasteiger partial charge in [0.2, 0.25) is 5.13 Å². The summed E-state index contributed by atoms with van der Waals surface area (Å²) in [5.41, 5.74) is 6.68. The molecule has 1 unspecified atom stereocenters. The average molecular weight is 295 g/mol. The fourth-order valence-electron chi connectivity index (χ4n) is 2.41. The first-order valence-corrected chi connectivity index (χ1v) is 8.08. The summed E-state index contributed by atoms with van der Waals surface area (Å²) in [7, 11) is 0. The molecular formula is C12H17N5S2. The van der Waals surface area contributed by atoms with Crippen LogP contribution in [0.25, 0.3) is 9.88 Å². The highest BCUT2D eigenvalue weighted by Crippen LogP contribution is 2.37. The van der Waals surface area contributed by atoms with Crippen molar-refractivity contribution in [2.24, 2.45) is 5.92 Å². The summed E-state index contributed by atoms with van der Waals surface area (Å²) in [5.74, 6) is 0.749. The summed E-state index contributed by atoms with van der Waals surface area (Å²) in [6.45, 7) is 6.54. The van der Waals surface area contributed by atoms with Crippen LogP contribution < -0.4 is 10.6 Å². The van der Waals surface area contributed by atoms with Crippen molar-refractivity contribution in [1.29, 1.82) is 0 Å². The molecule has 2 aromatic rings. The summed E-state index contributed by atoms with van der Waals surface area (Å²) >= 11 is 3.12. The van der Waals surface area contributed by atoms with E-state index in [1.807, 2.05) is 6.92 Å². The van der Waals surface area contributed by atoms with Gasteiger partial charge in [0.05, 0.1) is 10.6 Å². The molecule has 5 nitrogen and oxygen atoms in total. The van der Waals surface area contributed by atoms with Crippen LogP contribution in [0.2, 0.25) is 0 Å². The van der Waals surface area contributed by atoms with Crippen LogP contribution in [0.3, 0.4) is 0 Å². The van der Waals surface area contributed by atoms with Gasteiger partial charge in [-0.2, -0.15) is 0 Å². The van der Waals surface area contributed by atoms with E-state index in [1.165, 1.54) is 24.2 Å². The standard InChI is InChI=1S/C12H17N5S2/c1-7-4-3-5-17(6-7)12-14-8(2)9(18-12)10-15-16-11(13)19-10/h7H,3-6H2,1-2H3,(H2,13,16). The van der Waals surface area contributed by atoms with E-state index >= 15 is 0 Å². The van der Waals surface area contributed by atoms with Crippen molar-refractivity contribution in [3.63, 3.8) is 0 Å². The van der Waals surface area contributed by atoms with Crippen LogP contribution in [0.5, 0.6) is 0 Å². The normalized spacial score (nSPS) is 19.9. The summed E-state index contributed by atoms with van der Waals surface area (Å²) in [6.07, 6.45) is 2.57. The Labute approximate surface area is 120 Å². The van der Waals surface area contributed by atoms with E-state index in [0.717, 1.165) is 39.7 Å². The van der Waals surface area contributed by atoms with Crippen LogP contribution in [0, 0.1) is 12.8 Å². The maximum atomic E-state index is 5.65. The molecule has 1 fully saturated rings. The zero-order chi connectivity index (χ0) is 13.4. The van der Waals surface area contributed by atoms with Gasteiger partial charge in [-0.3, -0.25) is 0 Å². The molecule has 19 heavy (non-hydrogen) atoms. The Morgan fingerprint density at radius 2 is 2.16 bits per heavy atom. The molecule has 0 saturated carbocycles. The molecular weight excluding hydrogens is 278 g/mol. The molecule has 1 aliphatic heterocycles. The third kappa shape index (κ3) is 2.57. The highest BCUT2D eigenvalue weighted by molar-refractivity contribution is 7.25. The first kappa shape index (κ1) is 12.8. The van der Waals surface area contributed by atoms with Crippen molar-refractivity contribution in [2.45, 2.75) is 26.7 Å². The highest BCUT2D eigenvalue weighted by Gasteiger charge is 2.21. The van der Waals surface area contributed by atoms with Gasteiger partial charge in [0.15, 0.2) is 10.1 Å². The van der Waals surface area contributed by atoms with Gasteiger partial charge in [-0.25, -0.2) is 4.98 Å². The van der Waals surface area contributed by atoms with Gasteiger partial charge in [0.25, 0.3) is 0 Å². The lowest BCUT2D eigenvalue weighted by Crippen LogP contribution is -2.34. The molecule has 0 amide bonds. The zero-order valence-electron chi connectivity index (χ0n) is 11.1. The van der Waals surface area contributed by atoms with Crippen molar-refractivity contribution in [3.8, 4) is 9.88 Å². The Hall–Kier alpha value is -1.21. The number of rotatable bonds is 2. The minimum absolute atomic E-state index is 0.510. The van der Waals surface area contributed by atoms with Gasteiger partial charge in [0.1, 0.15) is 0 Å². The summed E-state index contributed by atoms with van der Waals surface area (Å²) in [5, 5.41) is 10.5. The third-order valence-electron chi connectivity index (χ3n) is 3.35. The lowest BCUT2D eigenvalue weighted by atomic mass is 10.0. The van der Waals surface area contributed by atoms with Crippen molar-refractivity contribution >= 4 is 32.9 Å². The predicted octanol–water partition coefficient (Wildman–Crippen LogP) is 2.79. The monoisotopic (exact) mass is 295 g/mol. The number of nitrogens with two attached hydrogens (primary N) is 1. The molecule has 7 heteroatoms. The van der Waals surface area contributed by atoms with E-state index in [4.69, 9.17) is 10.7 Å². The molecule has 2 aromatic heterocycles. The van der Waals surface area contributed by atoms with E-state index in [9.17, 15) is 0 Å². The van der Waals surface area contributed by atoms with Crippen molar-refractivity contribution in [3.05, 3.63) is 5.69 Å². The Balaban J connectivity index is 1.88. The average Bonchev–Trinajstić information content (AvgIpc) is 2.95. The number of aryl methyl sites for hydroxylation is 1. The van der Waals surface area contributed by atoms with Gasteiger partial charge < -0.3 is 10.6 Å². The van der Waals surface area contributed by atoms with Gasteiger partial charge in [-0.1, -0.05) is 29.6 Å². The molecule has 0 bridgehead atoms. The second kappa shape index (κ2) is 5.05. The Morgan fingerprint density at radius 1 is 1.32 bits per heavy atom. The quantitative estimate of drug-likeness (QED) is 0.922. The number of nitrogens with zero attached hydrogens (tertiary/aromatic N) is 4. The number of piperidine rings is 1. The van der Waals surface area contributed by atoms with E-state index < -0.39 is 0 Å². The second-order valence-corrected chi connectivity index (χ2v) is 7.04. The van der Waals surface area contributed by atoms with Crippen LogP contribution in [-0.2, 0) is 0 Å². The summed E-state index contributed by atoms with van der Waals surface area (Å²) in [4.78, 5) is 8.18. The minimum atomic E-state index is 0.510. The molecule has 0 aromatic carbocycles. The topological polar surface area (TPSA) is 67.9 Å². The zero-order valence-corrected chi connectivity index (χ0v) is 12.7. The van der Waals surface area contributed by atoms with Gasteiger partial charge in [-0.05, 0) is 25.7 Å². The van der Waals surface area contributed by atoms with E-state index in [-0.39, 0.29) is 0 Å². The number of hydrogen-bond donors (Lipinski definition) is 1. The molecule has 0 aliphatic carbocycles. The van der Waals surface area contributed by atoms with Crippen LogP contribution in [0.15, 0.2) is 0 Å². The van der Waals surface area contributed by atoms with E-state index in [1.54, 1.807) is 11.3 Å². The summed E-state index contributed by atoms with van der Waals surface area (Å²) in [6, 6.07) is 0. The predicted molar refractivity (Wildman–Crippen MR) is 80.8 cm³/mol. The van der Waals surface area contributed by atoms with Crippen LogP contribution >= 0.6 is 22.7 Å². The molecule has 2 N–H and O–H groups in total. The van der Waals surface area contributed by atoms with Crippen molar-refractivity contribution < 1.29 is 0 Å². The van der Waals surface area contributed by atoms with E-state index in [2.05, 4.69) is 22.0 Å². The number of nitrogen functional groups attached to an aromatic ring is 1. The molecule has 3 rings (SSSR count). The van der Waals surface area contributed by atoms with Gasteiger partial charge >= 0.3 is 0 Å². The first-order chi connectivity index (χ1) is 9.13. The molecule has 1 atom stereocenters. The number of aromatic nitrogens is 3. The fraction of sp³-hybridized carbons (Fsp3) is 0.583. The van der Waals surface area contributed by atoms with E-state index in [0.29, 0.717) is 5.13 Å². The molecule has 0 radical (unpaired) electrons. The molecule has 0 spiro atoms. The van der Waals surface area contributed by atoms with Gasteiger partial charge in [-0.15, -0.1) is 10.2 Å². The lowest BCUT2D eigenvalue weighted by Gasteiger charge is -2.30. The largest absolute Gasteiger partial charge is 0.374 e. The highest BCUT2D eigenvalue weighted by atomic mass is 32.1.